The minimum absolute atomic E-state index is 0.0582. The first kappa shape index (κ1) is 20.5. The van der Waals surface area contributed by atoms with Crippen LogP contribution < -0.4 is 14.8 Å². The molecule has 1 aromatic heterocycles. The molecule has 0 saturated heterocycles. The average Bonchev–Trinajstić information content (AvgIpc) is 3.09. The van der Waals surface area contributed by atoms with Crippen LogP contribution in [0.1, 0.15) is 22.6 Å². The molecular formula is C23H26N2O4. The lowest BCUT2D eigenvalue weighted by atomic mass is 10.1. The summed E-state index contributed by atoms with van der Waals surface area (Å²) in [5.74, 6) is 2.57. The summed E-state index contributed by atoms with van der Waals surface area (Å²) < 4.78 is 16.3. The Morgan fingerprint density at radius 3 is 2.45 bits per heavy atom. The van der Waals surface area contributed by atoms with Gasteiger partial charge in [0.25, 0.3) is 0 Å². The largest absolute Gasteiger partial charge is 0.493 e. The zero-order valence-corrected chi connectivity index (χ0v) is 17.2. The van der Waals surface area contributed by atoms with E-state index in [4.69, 9.17) is 13.9 Å². The van der Waals surface area contributed by atoms with E-state index in [0.29, 0.717) is 30.4 Å². The molecule has 3 rings (SSSR count). The Labute approximate surface area is 170 Å². The normalized spacial score (nSPS) is 10.6. The van der Waals surface area contributed by atoms with E-state index in [2.05, 4.69) is 10.3 Å². The van der Waals surface area contributed by atoms with Crippen LogP contribution in [0.15, 0.2) is 46.9 Å². The second-order valence-corrected chi connectivity index (χ2v) is 6.85. The highest BCUT2D eigenvalue weighted by Crippen LogP contribution is 2.27. The maximum Gasteiger partial charge on any atom is 0.226 e. The van der Waals surface area contributed by atoms with Gasteiger partial charge in [-0.05, 0) is 43.7 Å². The number of hydrogen-bond donors (Lipinski definition) is 1. The van der Waals surface area contributed by atoms with Crippen molar-refractivity contribution >= 4 is 5.91 Å². The zero-order valence-electron chi connectivity index (χ0n) is 17.2. The highest BCUT2D eigenvalue weighted by Gasteiger charge is 2.12. The smallest absolute Gasteiger partial charge is 0.226 e. The van der Waals surface area contributed by atoms with Crippen molar-refractivity contribution in [1.82, 2.24) is 10.3 Å². The van der Waals surface area contributed by atoms with Gasteiger partial charge in [-0.25, -0.2) is 4.98 Å². The third kappa shape index (κ3) is 5.16. The number of amides is 1. The van der Waals surface area contributed by atoms with Crippen LogP contribution in [0.25, 0.3) is 11.5 Å². The molecule has 0 fully saturated rings. The van der Waals surface area contributed by atoms with Gasteiger partial charge in [-0.2, -0.15) is 0 Å². The van der Waals surface area contributed by atoms with Gasteiger partial charge in [0.05, 0.1) is 26.3 Å². The van der Waals surface area contributed by atoms with Crippen LogP contribution in [-0.2, 0) is 17.6 Å². The van der Waals surface area contributed by atoms with E-state index in [9.17, 15) is 4.79 Å². The van der Waals surface area contributed by atoms with Crippen molar-refractivity contribution in [3.63, 3.8) is 0 Å². The second-order valence-electron chi connectivity index (χ2n) is 6.85. The van der Waals surface area contributed by atoms with Crippen LogP contribution in [0.5, 0.6) is 11.5 Å². The molecule has 0 aliphatic rings. The molecule has 1 heterocycles. The molecule has 152 valence electrons. The summed E-state index contributed by atoms with van der Waals surface area (Å²) in [4.78, 5) is 16.9. The quantitative estimate of drug-likeness (QED) is 0.628. The monoisotopic (exact) mass is 394 g/mol. The number of oxazole rings is 1. The van der Waals surface area contributed by atoms with Gasteiger partial charge in [-0.3, -0.25) is 4.79 Å². The molecular weight excluding hydrogens is 368 g/mol. The Bertz CT molecular complexity index is 977. The first-order chi connectivity index (χ1) is 14.0. The minimum Gasteiger partial charge on any atom is -0.493 e. The van der Waals surface area contributed by atoms with Crippen molar-refractivity contribution in [2.45, 2.75) is 26.7 Å². The van der Waals surface area contributed by atoms with Crippen LogP contribution in [0.4, 0.5) is 0 Å². The van der Waals surface area contributed by atoms with Crippen LogP contribution >= 0.6 is 0 Å². The molecule has 0 spiro atoms. The molecule has 29 heavy (non-hydrogen) atoms. The molecule has 6 heteroatoms. The average molecular weight is 394 g/mol. The first-order valence-electron chi connectivity index (χ1n) is 9.51. The third-order valence-electron chi connectivity index (χ3n) is 4.69. The van der Waals surface area contributed by atoms with E-state index in [1.54, 1.807) is 20.3 Å². The van der Waals surface area contributed by atoms with E-state index in [1.807, 2.05) is 50.2 Å². The number of ether oxygens (including phenoxy) is 2. The molecule has 1 N–H and O–H groups in total. The van der Waals surface area contributed by atoms with E-state index in [-0.39, 0.29) is 12.3 Å². The van der Waals surface area contributed by atoms with Gasteiger partial charge in [-0.15, -0.1) is 0 Å². The number of aromatic nitrogens is 1. The van der Waals surface area contributed by atoms with Crippen molar-refractivity contribution < 1.29 is 18.7 Å². The van der Waals surface area contributed by atoms with Crippen molar-refractivity contribution in [2.75, 3.05) is 20.8 Å². The van der Waals surface area contributed by atoms with Gasteiger partial charge in [0.1, 0.15) is 5.76 Å². The summed E-state index contributed by atoms with van der Waals surface area (Å²) in [6.45, 7) is 4.43. The van der Waals surface area contributed by atoms with Crippen molar-refractivity contribution in [1.29, 1.82) is 0 Å². The molecule has 3 aromatic rings. The Hall–Kier alpha value is -3.28. The fourth-order valence-electron chi connectivity index (χ4n) is 3.04. The summed E-state index contributed by atoms with van der Waals surface area (Å²) in [7, 11) is 3.16. The summed E-state index contributed by atoms with van der Waals surface area (Å²) in [6, 6.07) is 13.5. The first-order valence-corrected chi connectivity index (χ1v) is 9.51. The molecule has 1 amide bonds. The van der Waals surface area contributed by atoms with Crippen LogP contribution in [0.2, 0.25) is 0 Å². The number of nitrogens with one attached hydrogen (secondary N) is 1. The van der Waals surface area contributed by atoms with Crippen molar-refractivity contribution in [2.24, 2.45) is 0 Å². The zero-order chi connectivity index (χ0) is 20.8. The molecule has 0 atom stereocenters. The van der Waals surface area contributed by atoms with Crippen LogP contribution in [0, 0.1) is 13.8 Å². The standard InChI is InChI=1S/C23H26N2O4/c1-15-5-8-18(9-6-15)23-25-19(16(2)29-23)11-12-24-22(26)14-17-7-10-20(27-3)21(13-17)28-4/h5-10,13H,11-12,14H2,1-4H3,(H,24,26). The summed E-state index contributed by atoms with van der Waals surface area (Å²) in [5.41, 5.74) is 3.85. The maximum absolute atomic E-state index is 12.3. The molecule has 0 bridgehead atoms. The topological polar surface area (TPSA) is 73.6 Å². The lowest BCUT2D eigenvalue weighted by Crippen LogP contribution is -2.27. The lowest BCUT2D eigenvalue weighted by molar-refractivity contribution is -0.120. The highest BCUT2D eigenvalue weighted by atomic mass is 16.5. The number of carbonyl (C=O) groups excluding carboxylic acids is 1. The van der Waals surface area contributed by atoms with Crippen molar-refractivity contribution in [3.8, 4) is 23.0 Å². The predicted molar refractivity (Wildman–Crippen MR) is 111 cm³/mol. The van der Waals surface area contributed by atoms with Gasteiger partial charge in [-0.1, -0.05) is 23.8 Å². The summed E-state index contributed by atoms with van der Waals surface area (Å²) >= 11 is 0. The van der Waals surface area contributed by atoms with E-state index < -0.39 is 0 Å². The number of hydrogen-bond acceptors (Lipinski definition) is 5. The molecule has 2 aromatic carbocycles. The Kier molecular flexibility index (Phi) is 6.54. The van der Waals surface area contributed by atoms with Gasteiger partial charge < -0.3 is 19.2 Å². The highest BCUT2D eigenvalue weighted by molar-refractivity contribution is 5.78. The summed E-state index contributed by atoms with van der Waals surface area (Å²) in [5, 5.41) is 2.94. The molecule has 6 nitrogen and oxygen atoms in total. The second kappa shape index (κ2) is 9.28. The van der Waals surface area contributed by atoms with Crippen LogP contribution in [0.3, 0.4) is 0 Å². The number of carbonyl (C=O) groups is 1. The SMILES string of the molecule is COc1ccc(CC(=O)NCCc2nc(-c3ccc(C)cc3)oc2C)cc1OC. The lowest BCUT2D eigenvalue weighted by Gasteiger charge is -2.09. The number of methoxy groups -OCH3 is 2. The van der Waals surface area contributed by atoms with Gasteiger partial charge in [0.15, 0.2) is 11.5 Å². The fraction of sp³-hybridized carbons (Fsp3) is 0.304. The van der Waals surface area contributed by atoms with E-state index >= 15 is 0 Å². The van der Waals surface area contributed by atoms with Gasteiger partial charge in [0.2, 0.25) is 11.8 Å². The third-order valence-corrected chi connectivity index (χ3v) is 4.69. The Balaban J connectivity index is 1.55. The van der Waals surface area contributed by atoms with Gasteiger partial charge in [0, 0.05) is 18.5 Å². The molecule has 0 aliphatic heterocycles. The maximum atomic E-state index is 12.3. The number of benzene rings is 2. The number of aryl methyl sites for hydroxylation is 2. The molecule has 0 radical (unpaired) electrons. The number of nitrogens with zero attached hydrogens (tertiary/aromatic N) is 1. The van der Waals surface area contributed by atoms with Crippen LogP contribution in [-0.4, -0.2) is 31.7 Å². The number of rotatable bonds is 8. The molecule has 0 unspecified atom stereocenters. The molecule has 0 saturated carbocycles. The minimum atomic E-state index is -0.0582. The fourth-order valence-corrected chi connectivity index (χ4v) is 3.04. The Morgan fingerprint density at radius 1 is 1.03 bits per heavy atom. The predicted octanol–water partition coefficient (Wildman–Crippen LogP) is 3.88. The van der Waals surface area contributed by atoms with Crippen molar-refractivity contribution in [3.05, 3.63) is 65.0 Å². The Morgan fingerprint density at radius 2 is 1.76 bits per heavy atom. The molecule has 0 aliphatic carbocycles. The van der Waals surface area contributed by atoms with E-state index in [0.717, 1.165) is 22.6 Å². The van der Waals surface area contributed by atoms with Gasteiger partial charge >= 0.3 is 0 Å². The van der Waals surface area contributed by atoms with E-state index in [1.165, 1.54) is 5.56 Å². The summed E-state index contributed by atoms with van der Waals surface area (Å²) in [6.07, 6.45) is 0.881.